The van der Waals surface area contributed by atoms with Gasteiger partial charge < -0.3 is 59.4 Å². The van der Waals surface area contributed by atoms with Crippen molar-refractivity contribution in [3.63, 3.8) is 0 Å². The first-order valence-electron chi connectivity index (χ1n) is 39.0. The van der Waals surface area contributed by atoms with Gasteiger partial charge in [-0.2, -0.15) is 30.6 Å². The molecule has 116 heavy (non-hydrogen) atoms. The van der Waals surface area contributed by atoms with Crippen LogP contribution in [0, 0.1) is 16.2 Å². The minimum Gasteiger partial charge on any atom is -0.478 e. The Bertz CT molecular complexity index is 5120. The number of likely N-dealkylation sites (tertiary alicyclic amines) is 2. The van der Waals surface area contributed by atoms with E-state index >= 15 is 0 Å². The Balaban J connectivity index is 0.000000164. The lowest BCUT2D eigenvalue weighted by atomic mass is 9.65. The monoisotopic (exact) mass is 1620 g/mol. The van der Waals surface area contributed by atoms with Crippen molar-refractivity contribution in [3.8, 4) is 33.8 Å². The highest BCUT2D eigenvalue weighted by molar-refractivity contribution is 6.05. The van der Waals surface area contributed by atoms with Gasteiger partial charge in [-0.15, -0.1) is 24.8 Å². The molecule has 6 aromatic heterocycles. The number of anilines is 3. The molecular formula is C85H111Cl2N21O8. The largest absolute Gasteiger partial charge is 0.478 e. The number of halogens is 2. The lowest BCUT2D eigenvalue weighted by Crippen LogP contribution is -2.43. The normalized spacial score (nSPS) is 21.9. The van der Waals surface area contributed by atoms with Crippen molar-refractivity contribution in [1.82, 2.24) is 73.8 Å². The second kappa shape index (κ2) is 34.4. The van der Waals surface area contributed by atoms with Crippen LogP contribution in [0.4, 0.5) is 22.2 Å². The number of benzene rings is 3. The Hall–Kier alpha value is -11.0. The molecular weight excluding hydrogens is 1510 g/mol. The van der Waals surface area contributed by atoms with E-state index in [4.69, 9.17) is 59.5 Å². The molecule has 3 aliphatic heterocycles. The van der Waals surface area contributed by atoms with Crippen LogP contribution < -0.4 is 39.7 Å². The maximum absolute atomic E-state index is 12.5. The number of nitrogen functional groups attached to an aromatic ring is 3. The third-order valence-electron chi connectivity index (χ3n) is 23.9. The smallest absolute Gasteiger partial charge is 0.410 e. The zero-order valence-electron chi connectivity index (χ0n) is 64.7. The number of nitrogens with one attached hydrogen (secondary N) is 1. The molecule has 9 aliphatic rings. The number of primary amides is 3. The van der Waals surface area contributed by atoms with Crippen molar-refractivity contribution in [3.05, 3.63) is 185 Å². The lowest BCUT2D eigenvalue weighted by molar-refractivity contribution is -0.131. The number of carboxylic acids is 1. The van der Waals surface area contributed by atoms with Gasteiger partial charge in [-0.3, -0.25) is 33.2 Å². The molecule has 0 unspecified atom stereocenters. The zero-order valence-corrected chi connectivity index (χ0v) is 66.4. The SMILES string of the molecule is C.C.C=CC(=O)N1CCC2(CC(n3nc(-c4cnn(Cc5cccc(C6CC6)c5)c4)c(C(N)=O)c3N)C2)C1.C=CC(=O)O.CC(C)(C)OC(=O)N1CCC2(CC(n3nc(-c4cnn(Cc5cccc(C6CC6)c5)c4)c(C(N)=O)c3N)C2)C1.Cl.Cl.NC(=O)c1c(-c2cnn(Cc3cccc(C4CC4)c3)c2)nn(C2CC3(CCNC3)C2)c1N. The number of carboxylic acid groups (broad SMARTS) is 1. The number of nitrogens with zero attached hydrogens (tertiary/aromatic N) is 14. The first-order chi connectivity index (χ1) is 53.6. The number of hydrogen-bond acceptors (Lipinski definition) is 17. The van der Waals surface area contributed by atoms with E-state index in [0.717, 1.165) is 95.1 Å². The van der Waals surface area contributed by atoms with Crippen molar-refractivity contribution in [1.29, 1.82) is 0 Å². The molecule has 31 heteroatoms. The molecule has 0 bridgehead atoms. The number of hydrogen-bond donors (Lipinski definition) is 8. The maximum atomic E-state index is 12.5. The molecule has 3 spiro atoms. The van der Waals surface area contributed by atoms with E-state index in [2.05, 4.69) is 107 Å². The second-order valence-electron chi connectivity index (χ2n) is 33.6. The first-order valence-corrected chi connectivity index (χ1v) is 39.0. The Labute approximate surface area is 688 Å². The third-order valence-corrected chi connectivity index (χ3v) is 23.9. The average molecular weight is 1630 g/mol. The van der Waals surface area contributed by atoms with Crippen LogP contribution in [0.1, 0.15) is 232 Å². The van der Waals surface area contributed by atoms with Crippen LogP contribution >= 0.6 is 24.8 Å². The fourth-order valence-electron chi connectivity index (χ4n) is 17.7. The Morgan fingerprint density at radius 1 is 0.526 bits per heavy atom. The number of carbonyl (C=O) groups is 6. The van der Waals surface area contributed by atoms with E-state index in [1.54, 1.807) is 32.9 Å². The van der Waals surface area contributed by atoms with E-state index in [-0.39, 0.29) is 97.6 Å². The van der Waals surface area contributed by atoms with Crippen LogP contribution in [0.5, 0.6) is 0 Å². The van der Waals surface area contributed by atoms with Crippen molar-refractivity contribution >= 4 is 78.0 Å². The van der Waals surface area contributed by atoms with E-state index in [9.17, 15) is 28.8 Å². The van der Waals surface area contributed by atoms with Gasteiger partial charge >= 0.3 is 12.1 Å². The Morgan fingerprint density at radius 2 is 0.862 bits per heavy atom. The molecule has 5 amide bonds. The molecule has 9 heterocycles. The summed E-state index contributed by atoms with van der Waals surface area (Å²) < 4.78 is 16.4. The number of amides is 5. The summed E-state index contributed by atoms with van der Waals surface area (Å²) in [5.74, 6) is 0.284. The highest BCUT2D eigenvalue weighted by Crippen LogP contribution is 2.57. The fourth-order valence-corrected chi connectivity index (χ4v) is 17.7. The number of aromatic nitrogens is 12. The molecule has 14 N–H and O–H groups in total. The van der Waals surface area contributed by atoms with Gasteiger partial charge in [0.25, 0.3) is 17.7 Å². The number of aliphatic carboxylic acids is 1. The minimum absolute atomic E-state index is 0. The molecule has 9 aromatic rings. The third kappa shape index (κ3) is 18.4. The standard InChI is InChI=1S/C29H37N7O3.C27H31N7O2.C24H29N7O.C3H4O2.2CH4.2ClH/c1-28(2,3)39-27(38)34-10-9-29(17-34)12-22(13-29)36-25(30)23(26(31)37)24(33-36)21-14-32-35(16-21)15-18-5-4-6-20(11-18)19-7-8-19;1-2-22(35)32-9-8-27(16-32)11-21(12-27)34-25(28)23(26(29)36)24(31-34)20-13-30-33(15-20)14-17-4-3-5-19(10-17)18-6-7-18;25-22-20(23(26)32)21(29-31(22)19-9-24(10-19)6-7-27-14-24)18-11-28-30(13-18)12-15-2-1-3-17(8-15)16-4-5-16;1-2-3(4)5;;;;/h4-6,11,14,16,19,22H,7-10,12-13,15,17,30H2,1-3H3,(H2,31,37);2-5,10,13,15,18,21H,1,6-9,11-12,14,16,28H2,(H2,29,36);1-3,8,11,13,16,19,27H,4-7,9-10,12,14,25H2,(H2,26,32);2H,1H2,(H,4,5);2*1H4;2*1H. The van der Waals surface area contributed by atoms with Gasteiger partial charge in [-0.05, 0) is 197 Å². The molecule has 6 aliphatic carbocycles. The van der Waals surface area contributed by atoms with Crippen molar-refractivity contribution in [2.45, 2.75) is 193 Å². The molecule has 18 rings (SSSR count). The van der Waals surface area contributed by atoms with E-state index in [1.807, 2.05) is 63.0 Å². The van der Waals surface area contributed by atoms with Gasteiger partial charge in [0.15, 0.2) is 0 Å². The molecule has 618 valence electrons. The summed E-state index contributed by atoms with van der Waals surface area (Å²) in [6, 6.07) is 26.3. The maximum Gasteiger partial charge on any atom is 0.410 e. The van der Waals surface area contributed by atoms with Crippen LogP contribution in [-0.4, -0.2) is 154 Å². The van der Waals surface area contributed by atoms with Crippen LogP contribution in [0.15, 0.2) is 135 Å². The van der Waals surface area contributed by atoms with Gasteiger partial charge in [0.1, 0.15) is 56.8 Å². The molecule has 0 radical (unpaired) electrons. The summed E-state index contributed by atoms with van der Waals surface area (Å²) in [5.41, 5.74) is 48.6. The van der Waals surface area contributed by atoms with Crippen molar-refractivity contribution < 1.29 is 38.6 Å². The van der Waals surface area contributed by atoms with Crippen LogP contribution in [0.25, 0.3) is 33.8 Å². The van der Waals surface area contributed by atoms with Gasteiger partial charge in [-0.25, -0.2) is 23.6 Å². The number of ether oxygens (including phenoxy) is 1. The number of carbonyl (C=O) groups excluding carboxylic acids is 5. The molecule has 29 nitrogen and oxygen atoms in total. The van der Waals surface area contributed by atoms with E-state index in [0.29, 0.717) is 95.4 Å². The summed E-state index contributed by atoms with van der Waals surface area (Å²) in [4.78, 5) is 74.5. The minimum atomic E-state index is -0.981. The average Bonchev–Trinajstić information content (AvgIpc) is 1.56. The second-order valence-corrected chi connectivity index (χ2v) is 33.6. The molecule has 3 aromatic carbocycles. The summed E-state index contributed by atoms with van der Waals surface area (Å²) >= 11 is 0. The highest BCUT2D eigenvalue weighted by Gasteiger charge is 2.53. The van der Waals surface area contributed by atoms with Crippen molar-refractivity contribution in [2.24, 2.45) is 33.4 Å². The van der Waals surface area contributed by atoms with Crippen LogP contribution in [0.3, 0.4) is 0 Å². The molecule has 3 saturated heterocycles. The zero-order chi connectivity index (χ0) is 78.7. The number of nitrogens with two attached hydrogens (primary N) is 6. The summed E-state index contributed by atoms with van der Waals surface area (Å²) in [6.45, 7) is 19.0. The van der Waals surface area contributed by atoms with Crippen molar-refractivity contribution in [2.75, 3.05) is 56.5 Å². The quantitative estimate of drug-likeness (QED) is 0.0329. The lowest BCUT2D eigenvalue weighted by Gasteiger charge is -2.45. The Morgan fingerprint density at radius 3 is 1.16 bits per heavy atom. The highest BCUT2D eigenvalue weighted by atomic mass is 35.5. The summed E-state index contributed by atoms with van der Waals surface area (Å²) in [5, 5.41) is 38.9. The predicted molar refractivity (Wildman–Crippen MR) is 451 cm³/mol. The number of rotatable bonds is 20. The van der Waals surface area contributed by atoms with E-state index in [1.165, 1.54) is 84.4 Å². The summed E-state index contributed by atoms with van der Waals surface area (Å²) in [7, 11) is 0. The van der Waals surface area contributed by atoms with E-state index < -0.39 is 29.3 Å². The van der Waals surface area contributed by atoms with Gasteiger partial charge in [0.2, 0.25) is 5.91 Å². The first kappa shape index (κ1) is 85.8. The molecule has 9 fully saturated rings. The predicted octanol–water partition coefficient (Wildman–Crippen LogP) is 12.4. The summed E-state index contributed by atoms with van der Waals surface area (Å²) in [6.07, 6.45) is 28.9. The van der Waals surface area contributed by atoms with Crippen LogP contribution in [0.2, 0.25) is 0 Å². The van der Waals surface area contributed by atoms with Crippen LogP contribution in [-0.2, 0) is 34.0 Å². The topological polar surface area (TPSA) is 413 Å². The van der Waals surface area contributed by atoms with Gasteiger partial charge in [-0.1, -0.05) is 101 Å². The molecule has 0 atom stereocenters. The fraction of sp³-hybridized carbons (Fsp3) is 0.459. The Kier molecular flexibility index (Phi) is 25.5. The van der Waals surface area contributed by atoms with Gasteiger partial charge in [0, 0.05) is 74.1 Å². The molecule has 6 saturated carbocycles. The van der Waals surface area contributed by atoms with Gasteiger partial charge in [0.05, 0.1) is 56.4 Å².